The van der Waals surface area contributed by atoms with Gasteiger partial charge in [0.25, 0.3) is 5.91 Å². The minimum Gasteiger partial charge on any atom is -0.322 e. The molecule has 0 aliphatic carbocycles. The number of halogens is 3. The quantitative estimate of drug-likeness (QED) is 0.724. The van der Waals surface area contributed by atoms with Gasteiger partial charge in [-0.25, -0.2) is 4.68 Å². The van der Waals surface area contributed by atoms with E-state index in [2.05, 4.69) is 21.0 Å². The van der Waals surface area contributed by atoms with Crippen molar-refractivity contribution in [1.82, 2.24) is 20.4 Å². The number of alkyl halides is 3. The number of hydrogen-bond acceptors (Lipinski definition) is 4. The molecule has 1 saturated heterocycles. The number of anilines is 1. The van der Waals surface area contributed by atoms with Gasteiger partial charge in [-0.15, -0.1) is 0 Å². The summed E-state index contributed by atoms with van der Waals surface area (Å²) in [7, 11) is 0. The molecule has 1 aromatic carbocycles. The van der Waals surface area contributed by atoms with E-state index in [1.165, 1.54) is 22.9 Å². The lowest BCUT2D eigenvalue weighted by atomic mass is 9.95. The fourth-order valence-electron chi connectivity index (χ4n) is 3.47. The number of carbonyl (C=O) groups excluding carboxylic acids is 2. The highest BCUT2D eigenvalue weighted by atomic mass is 19.4. The zero-order valence-corrected chi connectivity index (χ0v) is 16.2. The van der Waals surface area contributed by atoms with E-state index in [1.807, 2.05) is 13.8 Å². The van der Waals surface area contributed by atoms with Gasteiger partial charge in [0.1, 0.15) is 5.82 Å². The van der Waals surface area contributed by atoms with E-state index >= 15 is 0 Å². The first kappa shape index (κ1) is 20.8. The van der Waals surface area contributed by atoms with E-state index in [4.69, 9.17) is 0 Å². The maximum Gasteiger partial charge on any atom is 0.417 e. The number of benzene rings is 1. The van der Waals surface area contributed by atoms with Crippen LogP contribution in [0.1, 0.15) is 48.2 Å². The van der Waals surface area contributed by atoms with Crippen LogP contribution in [0.15, 0.2) is 30.3 Å². The predicted molar refractivity (Wildman–Crippen MR) is 99.9 cm³/mol. The molecule has 0 saturated carbocycles. The van der Waals surface area contributed by atoms with E-state index in [9.17, 15) is 22.8 Å². The van der Waals surface area contributed by atoms with Gasteiger partial charge < -0.3 is 10.6 Å². The van der Waals surface area contributed by atoms with Gasteiger partial charge in [0, 0.05) is 12.1 Å². The van der Waals surface area contributed by atoms with Crippen LogP contribution in [0.25, 0.3) is 0 Å². The normalized spacial score (nSPS) is 22.3. The van der Waals surface area contributed by atoms with Crippen molar-refractivity contribution in [1.29, 1.82) is 0 Å². The van der Waals surface area contributed by atoms with Crippen molar-refractivity contribution in [2.75, 3.05) is 5.32 Å². The third-order valence-corrected chi connectivity index (χ3v) is 4.90. The summed E-state index contributed by atoms with van der Waals surface area (Å²) in [6, 6.07) is 5.94. The van der Waals surface area contributed by atoms with Gasteiger partial charge in [0.15, 0.2) is 6.29 Å². The molecule has 3 unspecified atom stereocenters. The first-order valence-electron chi connectivity index (χ1n) is 9.22. The van der Waals surface area contributed by atoms with Crippen LogP contribution in [0.2, 0.25) is 0 Å². The largest absolute Gasteiger partial charge is 0.417 e. The number of aryl methyl sites for hydroxylation is 1. The smallest absolute Gasteiger partial charge is 0.322 e. The molecular formula is C19H22F3N5O2. The highest BCUT2D eigenvalue weighted by Crippen LogP contribution is 2.32. The topological polar surface area (TPSA) is 88.1 Å². The molecule has 2 heterocycles. The number of nitrogens with one attached hydrogen (secondary N) is 3. The predicted octanol–water partition coefficient (Wildman–Crippen LogP) is 3.05. The van der Waals surface area contributed by atoms with E-state index in [-0.39, 0.29) is 23.7 Å². The van der Waals surface area contributed by atoms with Crippen LogP contribution < -0.4 is 16.0 Å². The summed E-state index contributed by atoms with van der Waals surface area (Å²) in [5.41, 5.74) is -0.986. The standard InChI is InChI=1S/C19H22F3N5O2/c1-4-12-11(3)23-18(25-16(12)28)27-15(9-10(2)26-27)24-17(29)13-7-5-6-8-14(13)19(20,21)22/h5-9,11-12,18,23H,4H2,1-3H3,(H,24,29)(H,25,28). The van der Waals surface area contributed by atoms with Crippen molar-refractivity contribution in [2.45, 2.75) is 45.7 Å². The van der Waals surface area contributed by atoms with Gasteiger partial charge >= 0.3 is 6.18 Å². The van der Waals surface area contributed by atoms with E-state index in [0.29, 0.717) is 12.1 Å². The lowest BCUT2D eigenvalue weighted by Gasteiger charge is -2.35. The van der Waals surface area contributed by atoms with Gasteiger partial charge in [-0.2, -0.15) is 18.3 Å². The molecule has 1 fully saturated rings. The Labute approximate surface area is 165 Å². The molecule has 0 spiro atoms. The summed E-state index contributed by atoms with van der Waals surface area (Å²) in [5.74, 6) is -1.11. The number of carbonyl (C=O) groups is 2. The van der Waals surface area contributed by atoms with Gasteiger partial charge in [-0.05, 0) is 32.4 Å². The number of nitrogens with zero attached hydrogens (tertiary/aromatic N) is 2. The second kappa shape index (κ2) is 7.86. The lowest BCUT2D eigenvalue weighted by Crippen LogP contribution is -2.57. The van der Waals surface area contributed by atoms with Crippen molar-refractivity contribution < 1.29 is 22.8 Å². The first-order chi connectivity index (χ1) is 13.6. The van der Waals surface area contributed by atoms with Crippen LogP contribution in [0, 0.1) is 12.8 Å². The third-order valence-electron chi connectivity index (χ3n) is 4.90. The van der Waals surface area contributed by atoms with Crippen molar-refractivity contribution in [3.63, 3.8) is 0 Å². The van der Waals surface area contributed by atoms with E-state index in [0.717, 1.165) is 12.1 Å². The van der Waals surface area contributed by atoms with Crippen LogP contribution in [0.3, 0.4) is 0 Å². The molecule has 1 aliphatic heterocycles. The Morgan fingerprint density at radius 3 is 2.62 bits per heavy atom. The average molecular weight is 409 g/mol. The van der Waals surface area contributed by atoms with Crippen LogP contribution in [0.5, 0.6) is 0 Å². The lowest BCUT2D eigenvalue weighted by molar-refractivity contribution is -0.138. The minimum absolute atomic E-state index is 0.141. The summed E-state index contributed by atoms with van der Waals surface area (Å²) in [4.78, 5) is 24.9. The molecule has 2 amide bonds. The molecule has 1 aliphatic rings. The summed E-state index contributed by atoms with van der Waals surface area (Å²) in [5, 5.41) is 12.7. The Morgan fingerprint density at radius 1 is 1.31 bits per heavy atom. The Hall–Kier alpha value is -2.88. The fraction of sp³-hybridized carbons (Fsp3) is 0.421. The monoisotopic (exact) mass is 409 g/mol. The summed E-state index contributed by atoms with van der Waals surface area (Å²) in [6.07, 6.45) is -4.74. The van der Waals surface area contributed by atoms with Gasteiger partial charge in [-0.1, -0.05) is 19.1 Å². The molecule has 3 N–H and O–H groups in total. The van der Waals surface area contributed by atoms with Gasteiger partial charge in [-0.3, -0.25) is 14.9 Å². The molecule has 7 nitrogen and oxygen atoms in total. The fourth-order valence-corrected chi connectivity index (χ4v) is 3.47. The van der Waals surface area contributed by atoms with Crippen molar-refractivity contribution in [3.05, 3.63) is 47.2 Å². The van der Waals surface area contributed by atoms with Crippen LogP contribution in [-0.4, -0.2) is 27.6 Å². The Bertz CT molecular complexity index is 925. The first-order valence-corrected chi connectivity index (χ1v) is 9.22. The van der Waals surface area contributed by atoms with E-state index in [1.54, 1.807) is 6.92 Å². The number of hydrogen-bond donors (Lipinski definition) is 3. The zero-order valence-electron chi connectivity index (χ0n) is 16.2. The van der Waals surface area contributed by atoms with Gasteiger partial charge in [0.2, 0.25) is 5.91 Å². The summed E-state index contributed by atoms with van der Waals surface area (Å²) < 4.78 is 41.0. The van der Waals surface area contributed by atoms with Crippen LogP contribution in [0.4, 0.5) is 19.0 Å². The molecule has 2 aromatic rings. The minimum atomic E-state index is -4.66. The number of rotatable bonds is 4. The number of aromatic nitrogens is 2. The molecule has 156 valence electrons. The Kier molecular flexibility index (Phi) is 5.65. The molecule has 29 heavy (non-hydrogen) atoms. The molecule has 1 aromatic heterocycles. The third kappa shape index (κ3) is 4.26. The Balaban J connectivity index is 1.88. The van der Waals surface area contributed by atoms with Crippen molar-refractivity contribution >= 4 is 17.6 Å². The van der Waals surface area contributed by atoms with Gasteiger partial charge in [0.05, 0.1) is 22.7 Å². The maximum absolute atomic E-state index is 13.2. The second-order valence-corrected chi connectivity index (χ2v) is 6.99. The SMILES string of the molecule is CCC1C(=O)NC(n2nc(C)cc2NC(=O)c2ccccc2C(F)(F)F)NC1C. The van der Waals surface area contributed by atoms with Crippen LogP contribution in [-0.2, 0) is 11.0 Å². The van der Waals surface area contributed by atoms with E-state index < -0.39 is 29.5 Å². The molecule has 3 rings (SSSR count). The van der Waals surface area contributed by atoms with Crippen molar-refractivity contribution in [2.24, 2.45) is 5.92 Å². The maximum atomic E-state index is 13.2. The molecular weight excluding hydrogens is 387 g/mol. The highest BCUT2D eigenvalue weighted by Gasteiger charge is 2.36. The summed E-state index contributed by atoms with van der Waals surface area (Å²) >= 11 is 0. The molecule has 0 radical (unpaired) electrons. The summed E-state index contributed by atoms with van der Waals surface area (Å²) in [6.45, 7) is 5.46. The Morgan fingerprint density at radius 2 is 2.00 bits per heavy atom. The molecule has 10 heteroatoms. The molecule has 3 atom stereocenters. The van der Waals surface area contributed by atoms with Crippen molar-refractivity contribution in [3.8, 4) is 0 Å². The molecule has 0 bridgehead atoms. The highest BCUT2D eigenvalue weighted by molar-refractivity contribution is 6.05. The van der Waals surface area contributed by atoms with Crippen LogP contribution >= 0.6 is 0 Å². The second-order valence-electron chi connectivity index (χ2n) is 6.99. The average Bonchev–Trinajstić information content (AvgIpc) is 3.01. The zero-order chi connectivity index (χ0) is 21.3. The number of amides is 2.